The molecule has 0 atom stereocenters. The average molecular weight is 396 g/mol. The third kappa shape index (κ3) is 4.93. The summed E-state index contributed by atoms with van der Waals surface area (Å²) in [6.07, 6.45) is 1.74. The van der Waals surface area contributed by atoms with Gasteiger partial charge in [0.05, 0.1) is 0 Å². The quantitative estimate of drug-likeness (QED) is 0.516. The molecule has 0 aliphatic carbocycles. The second kappa shape index (κ2) is 9.42. The Balaban J connectivity index is 1.70. The minimum atomic E-state index is 0.558. The maximum atomic E-state index is 6.21. The minimum absolute atomic E-state index is 0.558. The highest BCUT2D eigenvalue weighted by Crippen LogP contribution is 2.25. The van der Waals surface area contributed by atoms with Gasteiger partial charge < -0.3 is 15.5 Å². The van der Waals surface area contributed by atoms with Crippen LogP contribution in [0.2, 0.25) is 5.02 Å². The molecular weight excluding hydrogens is 370 g/mol. The lowest BCUT2D eigenvalue weighted by molar-refractivity contribution is 0.866. The highest BCUT2D eigenvalue weighted by Gasteiger charge is 2.07. The van der Waals surface area contributed by atoms with E-state index in [1.807, 2.05) is 30.3 Å². The van der Waals surface area contributed by atoms with Gasteiger partial charge in [-0.2, -0.15) is 4.98 Å². The summed E-state index contributed by atoms with van der Waals surface area (Å²) in [5.74, 6) is 1.30. The number of halogens is 1. The molecule has 1 aromatic heterocycles. The molecule has 3 rings (SSSR count). The van der Waals surface area contributed by atoms with Crippen LogP contribution in [-0.4, -0.2) is 23.1 Å². The summed E-state index contributed by atoms with van der Waals surface area (Å²) in [5.41, 5.74) is 4.45. The second-order valence-electron chi connectivity index (χ2n) is 6.51. The van der Waals surface area contributed by atoms with Crippen LogP contribution < -0.4 is 15.5 Å². The lowest BCUT2D eigenvalue weighted by atomic mass is 10.1. The summed E-state index contributed by atoms with van der Waals surface area (Å²) >= 11 is 6.21. The maximum absolute atomic E-state index is 6.21. The van der Waals surface area contributed by atoms with Gasteiger partial charge in [0.1, 0.15) is 5.82 Å². The summed E-state index contributed by atoms with van der Waals surface area (Å²) in [4.78, 5) is 11.2. The Bertz CT molecular complexity index is 924. The summed E-state index contributed by atoms with van der Waals surface area (Å²) in [6, 6.07) is 16.0. The van der Waals surface area contributed by atoms with Gasteiger partial charge in [-0.15, -0.1) is 0 Å². The van der Waals surface area contributed by atoms with E-state index in [1.165, 1.54) is 11.3 Å². The van der Waals surface area contributed by atoms with E-state index in [2.05, 4.69) is 64.5 Å². The fourth-order valence-electron chi connectivity index (χ4n) is 3.04. The molecule has 0 unspecified atom stereocenters. The van der Waals surface area contributed by atoms with E-state index in [0.717, 1.165) is 35.2 Å². The van der Waals surface area contributed by atoms with Crippen LogP contribution in [0.5, 0.6) is 0 Å². The van der Waals surface area contributed by atoms with Crippen LogP contribution in [0, 0.1) is 6.92 Å². The number of nitrogens with zero attached hydrogens (tertiary/aromatic N) is 3. The lowest BCUT2D eigenvalue weighted by Crippen LogP contribution is -2.21. The van der Waals surface area contributed by atoms with Crippen molar-refractivity contribution in [3.63, 3.8) is 0 Å². The molecule has 0 amide bonds. The zero-order valence-corrected chi connectivity index (χ0v) is 17.3. The average Bonchev–Trinajstić information content (AvgIpc) is 2.71. The molecule has 5 nitrogen and oxygen atoms in total. The van der Waals surface area contributed by atoms with Crippen LogP contribution in [-0.2, 0) is 6.54 Å². The molecule has 0 spiro atoms. The van der Waals surface area contributed by atoms with Crippen molar-refractivity contribution in [3.8, 4) is 0 Å². The monoisotopic (exact) mass is 395 g/mol. The molecule has 0 saturated carbocycles. The first kappa shape index (κ1) is 20.0. The summed E-state index contributed by atoms with van der Waals surface area (Å²) < 4.78 is 0. The first-order chi connectivity index (χ1) is 13.6. The number of aryl methyl sites for hydroxylation is 1. The molecular formula is C22H26ClN5. The number of benzene rings is 2. The maximum Gasteiger partial charge on any atom is 0.224 e. The van der Waals surface area contributed by atoms with Gasteiger partial charge in [0.2, 0.25) is 5.95 Å². The molecule has 3 aromatic rings. The van der Waals surface area contributed by atoms with Crippen LogP contribution in [0.1, 0.15) is 25.0 Å². The molecule has 0 saturated heterocycles. The third-order valence-electron chi connectivity index (χ3n) is 4.65. The van der Waals surface area contributed by atoms with E-state index in [1.54, 1.807) is 6.20 Å². The van der Waals surface area contributed by atoms with Crippen molar-refractivity contribution in [2.75, 3.05) is 28.6 Å². The zero-order chi connectivity index (χ0) is 19.9. The smallest absolute Gasteiger partial charge is 0.224 e. The first-order valence-corrected chi connectivity index (χ1v) is 9.91. The van der Waals surface area contributed by atoms with Crippen LogP contribution in [0.15, 0.2) is 54.7 Å². The van der Waals surface area contributed by atoms with E-state index in [0.29, 0.717) is 12.5 Å². The Morgan fingerprint density at radius 2 is 1.82 bits per heavy atom. The Hall–Kier alpha value is -2.79. The van der Waals surface area contributed by atoms with Crippen molar-refractivity contribution in [2.24, 2.45) is 0 Å². The van der Waals surface area contributed by atoms with Crippen molar-refractivity contribution in [1.82, 2.24) is 9.97 Å². The molecule has 0 radical (unpaired) electrons. The Morgan fingerprint density at radius 3 is 2.54 bits per heavy atom. The standard InChI is InChI=1S/C22H26ClN5/c1-4-28(5-2)18-10-11-20(16(3)14-18)26-21-12-13-24-22(27-21)25-15-17-8-6-7-9-19(17)23/h6-14H,4-5,15H2,1-3H3,(H2,24,25,26,27). The molecule has 2 aromatic carbocycles. The number of aromatic nitrogens is 2. The van der Waals surface area contributed by atoms with Gasteiger partial charge in [0, 0.05) is 42.2 Å². The van der Waals surface area contributed by atoms with E-state index < -0.39 is 0 Å². The second-order valence-corrected chi connectivity index (χ2v) is 6.91. The third-order valence-corrected chi connectivity index (χ3v) is 5.02. The molecule has 146 valence electrons. The van der Waals surface area contributed by atoms with Gasteiger partial charge in [-0.1, -0.05) is 29.8 Å². The highest BCUT2D eigenvalue weighted by molar-refractivity contribution is 6.31. The zero-order valence-electron chi connectivity index (χ0n) is 16.5. The van der Waals surface area contributed by atoms with E-state index in [9.17, 15) is 0 Å². The molecule has 0 fully saturated rings. The summed E-state index contributed by atoms with van der Waals surface area (Å²) in [7, 11) is 0. The topological polar surface area (TPSA) is 53.1 Å². The molecule has 6 heteroatoms. The molecule has 1 heterocycles. The van der Waals surface area contributed by atoms with Gasteiger partial charge in [-0.3, -0.25) is 0 Å². The summed E-state index contributed by atoms with van der Waals surface area (Å²) in [5, 5.41) is 7.35. The fraction of sp³-hybridized carbons (Fsp3) is 0.273. The largest absolute Gasteiger partial charge is 0.372 e. The predicted molar refractivity (Wildman–Crippen MR) is 119 cm³/mol. The van der Waals surface area contributed by atoms with E-state index in [4.69, 9.17) is 11.6 Å². The number of hydrogen-bond acceptors (Lipinski definition) is 5. The highest BCUT2D eigenvalue weighted by atomic mass is 35.5. The normalized spacial score (nSPS) is 10.6. The van der Waals surface area contributed by atoms with Crippen LogP contribution in [0.4, 0.5) is 23.1 Å². The number of hydrogen-bond donors (Lipinski definition) is 2. The summed E-state index contributed by atoms with van der Waals surface area (Å²) in [6.45, 7) is 9.00. The van der Waals surface area contributed by atoms with Crippen molar-refractivity contribution in [2.45, 2.75) is 27.3 Å². The van der Waals surface area contributed by atoms with Crippen LogP contribution in [0.25, 0.3) is 0 Å². The predicted octanol–water partition coefficient (Wildman–Crippen LogP) is 5.64. The van der Waals surface area contributed by atoms with Crippen molar-refractivity contribution < 1.29 is 0 Å². The Kier molecular flexibility index (Phi) is 6.71. The van der Waals surface area contributed by atoms with Crippen LogP contribution >= 0.6 is 11.6 Å². The van der Waals surface area contributed by atoms with E-state index >= 15 is 0 Å². The van der Waals surface area contributed by atoms with Crippen molar-refractivity contribution >= 4 is 34.7 Å². The van der Waals surface area contributed by atoms with Gasteiger partial charge in [-0.25, -0.2) is 4.98 Å². The van der Waals surface area contributed by atoms with E-state index in [-0.39, 0.29) is 0 Å². The number of anilines is 4. The number of rotatable bonds is 8. The lowest BCUT2D eigenvalue weighted by Gasteiger charge is -2.22. The molecule has 0 bridgehead atoms. The Labute approximate surface area is 171 Å². The molecule has 0 aliphatic rings. The van der Waals surface area contributed by atoms with Gasteiger partial charge in [0.15, 0.2) is 0 Å². The van der Waals surface area contributed by atoms with Gasteiger partial charge >= 0.3 is 0 Å². The molecule has 2 N–H and O–H groups in total. The van der Waals surface area contributed by atoms with Crippen molar-refractivity contribution in [3.05, 3.63) is 70.9 Å². The Morgan fingerprint density at radius 1 is 1.04 bits per heavy atom. The SMILES string of the molecule is CCN(CC)c1ccc(Nc2ccnc(NCc3ccccc3Cl)n2)c(C)c1. The van der Waals surface area contributed by atoms with Crippen molar-refractivity contribution in [1.29, 1.82) is 0 Å². The van der Waals surface area contributed by atoms with Gasteiger partial charge in [0.25, 0.3) is 0 Å². The molecule has 28 heavy (non-hydrogen) atoms. The fourth-order valence-corrected chi connectivity index (χ4v) is 3.24. The van der Waals surface area contributed by atoms with Crippen LogP contribution in [0.3, 0.4) is 0 Å². The van der Waals surface area contributed by atoms with Gasteiger partial charge in [-0.05, 0) is 62.2 Å². The minimum Gasteiger partial charge on any atom is -0.372 e. The molecule has 0 aliphatic heterocycles. The first-order valence-electron chi connectivity index (χ1n) is 9.53. The number of nitrogens with one attached hydrogen (secondary N) is 2.